The van der Waals surface area contributed by atoms with Gasteiger partial charge in [-0.15, -0.1) is 11.6 Å². The summed E-state index contributed by atoms with van der Waals surface area (Å²) in [6, 6.07) is 7.61. The SMILES string of the molecule is Cc1cc(C(=O)C(C)Cl)c(C)n1-c1ccc(Cl)cc1I. The molecule has 0 aliphatic heterocycles. The molecule has 106 valence electrons. The first kappa shape index (κ1) is 15.9. The van der Waals surface area contributed by atoms with Crippen molar-refractivity contribution < 1.29 is 4.79 Å². The second-order valence-electron chi connectivity index (χ2n) is 4.70. The van der Waals surface area contributed by atoms with Gasteiger partial charge >= 0.3 is 0 Å². The topological polar surface area (TPSA) is 22.0 Å². The molecule has 1 aromatic carbocycles. The molecule has 0 N–H and O–H groups in total. The minimum atomic E-state index is -0.520. The number of carbonyl (C=O) groups is 1. The van der Waals surface area contributed by atoms with Crippen LogP contribution in [0, 0.1) is 17.4 Å². The molecule has 1 atom stereocenters. The minimum absolute atomic E-state index is 0.0463. The number of halogens is 3. The van der Waals surface area contributed by atoms with E-state index in [2.05, 4.69) is 27.2 Å². The van der Waals surface area contributed by atoms with Crippen LogP contribution in [0.25, 0.3) is 5.69 Å². The smallest absolute Gasteiger partial charge is 0.182 e. The maximum absolute atomic E-state index is 12.1. The predicted molar refractivity (Wildman–Crippen MR) is 92.6 cm³/mol. The van der Waals surface area contributed by atoms with Crippen molar-refractivity contribution >= 4 is 51.6 Å². The van der Waals surface area contributed by atoms with E-state index in [1.165, 1.54) is 0 Å². The molecule has 0 spiro atoms. The second kappa shape index (κ2) is 6.08. The average molecular weight is 422 g/mol. The molecule has 2 nitrogen and oxygen atoms in total. The molecule has 20 heavy (non-hydrogen) atoms. The van der Waals surface area contributed by atoms with E-state index in [4.69, 9.17) is 23.2 Å². The summed E-state index contributed by atoms with van der Waals surface area (Å²) in [5, 5.41) is 0.180. The Balaban J connectivity index is 2.61. The summed E-state index contributed by atoms with van der Waals surface area (Å²) in [5.41, 5.74) is 3.60. The van der Waals surface area contributed by atoms with Crippen LogP contribution in [-0.2, 0) is 0 Å². The van der Waals surface area contributed by atoms with Gasteiger partial charge < -0.3 is 4.57 Å². The van der Waals surface area contributed by atoms with E-state index in [1.54, 1.807) is 6.92 Å². The molecule has 0 aliphatic carbocycles. The van der Waals surface area contributed by atoms with Crippen LogP contribution in [0.4, 0.5) is 0 Å². The van der Waals surface area contributed by atoms with Crippen LogP contribution < -0.4 is 0 Å². The van der Waals surface area contributed by atoms with Crippen molar-refractivity contribution in [3.05, 3.63) is 49.8 Å². The predicted octanol–water partition coefficient (Wildman–Crippen LogP) is 5.16. The minimum Gasteiger partial charge on any atom is -0.317 e. The molecule has 0 bridgehead atoms. The van der Waals surface area contributed by atoms with Crippen LogP contribution in [-0.4, -0.2) is 15.7 Å². The Morgan fingerprint density at radius 2 is 1.95 bits per heavy atom. The van der Waals surface area contributed by atoms with E-state index in [0.717, 1.165) is 20.6 Å². The maximum atomic E-state index is 12.1. The number of nitrogens with zero attached hydrogens (tertiary/aromatic N) is 1. The number of hydrogen-bond donors (Lipinski definition) is 0. The summed E-state index contributed by atoms with van der Waals surface area (Å²) in [4.78, 5) is 12.1. The van der Waals surface area contributed by atoms with Crippen LogP contribution in [0.3, 0.4) is 0 Å². The zero-order chi connectivity index (χ0) is 15.0. The number of benzene rings is 1. The van der Waals surface area contributed by atoms with Crippen LogP contribution >= 0.6 is 45.8 Å². The van der Waals surface area contributed by atoms with Gasteiger partial charge in [-0.25, -0.2) is 0 Å². The van der Waals surface area contributed by atoms with Crippen LogP contribution in [0.2, 0.25) is 5.02 Å². The number of hydrogen-bond acceptors (Lipinski definition) is 1. The molecule has 5 heteroatoms. The highest BCUT2D eigenvalue weighted by Gasteiger charge is 2.20. The number of Topliss-reactive ketones (excluding diaryl/α,β-unsaturated/α-hetero) is 1. The normalized spacial score (nSPS) is 12.5. The Kier molecular flexibility index (Phi) is 4.82. The fourth-order valence-electron chi connectivity index (χ4n) is 2.26. The highest BCUT2D eigenvalue weighted by atomic mass is 127. The standard InChI is InChI=1S/C15H14Cl2INO/c1-8-6-12(15(20)9(2)16)10(3)19(8)14-5-4-11(17)7-13(14)18/h4-7,9H,1-3H3. The number of ketones is 1. The first-order chi connectivity index (χ1) is 9.32. The van der Waals surface area contributed by atoms with Gasteiger partial charge in [-0.1, -0.05) is 11.6 Å². The highest BCUT2D eigenvalue weighted by Crippen LogP contribution is 2.27. The summed E-state index contributed by atoms with van der Waals surface area (Å²) in [6.07, 6.45) is 0. The lowest BCUT2D eigenvalue weighted by molar-refractivity contribution is 0.0991. The van der Waals surface area contributed by atoms with Gasteiger partial charge in [-0.05, 0) is 67.6 Å². The largest absolute Gasteiger partial charge is 0.317 e. The summed E-state index contributed by atoms with van der Waals surface area (Å²) in [6.45, 7) is 5.61. The zero-order valence-corrected chi connectivity index (χ0v) is 15.0. The number of aryl methyl sites for hydroxylation is 1. The molecule has 1 aromatic heterocycles. The monoisotopic (exact) mass is 421 g/mol. The van der Waals surface area contributed by atoms with Crippen molar-refractivity contribution in [2.75, 3.05) is 0 Å². The molecule has 0 amide bonds. The highest BCUT2D eigenvalue weighted by molar-refractivity contribution is 14.1. The molecule has 0 saturated carbocycles. The van der Waals surface area contributed by atoms with E-state index in [-0.39, 0.29) is 5.78 Å². The molecule has 0 aliphatic rings. The number of alkyl halides is 1. The third kappa shape index (κ3) is 2.90. The Morgan fingerprint density at radius 1 is 1.30 bits per heavy atom. The van der Waals surface area contributed by atoms with Crippen molar-refractivity contribution in [2.45, 2.75) is 26.1 Å². The van der Waals surface area contributed by atoms with Crippen LogP contribution in [0.1, 0.15) is 28.7 Å². The van der Waals surface area contributed by atoms with E-state index < -0.39 is 5.38 Å². The molecule has 1 unspecified atom stereocenters. The van der Waals surface area contributed by atoms with Gasteiger partial charge in [0, 0.05) is 25.5 Å². The van der Waals surface area contributed by atoms with Gasteiger partial charge in [0.15, 0.2) is 5.78 Å². The number of aromatic nitrogens is 1. The molecule has 0 saturated heterocycles. The quantitative estimate of drug-likeness (QED) is 0.381. The molecule has 2 rings (SSSR count). The van der Waals surface area contributed by atoms with E-state index in [9.17, 15) is 4.79 Å². The molecule has 1 heterocycles. The fraction of sp³-hybridized carbons (Fsp3) is 0.267. The first-order valence-corrected chi connectivity index (χ1v) is 8.05. The Morgan fingerprint density at radius 3 is 2.50 bits per heavy atom. The van der Waals surface area contributed by atoms with Gasteiger partial charge in [0.05, 0.1) is 11.1 Å². The summed E-state index contributed by atoms with van der Waals surface area (Å²) < 4.78 is 3.10. The summed E-state index contributed by atoms with van der Waals surface area (Å²) in [5.74, 6) is -0.0463. The van der Waals surface area contributed by atoms with Crippen LogP contribution in [0.15, 0.2) is 24.3 Å². The van der Waals surface area contributed by atoms with E-state index >= 15 is 0 Å². The molecule has 0 fully saturated rings. The van der Waals surface area contributed by atoms with Crippen molar-refractivity contribution in [1.82, 2.24) is 4.57 Å². The molecule has 2 aromatic rings. The Bertz CT molecular complexity index is 677. The fourth-order valence-corrected chi connectivity index (χ4v) is 3.49. The summed E-state index contributed by atoms with van der Waals surface area (Å²) >= 11 is 14.2. The lowest BCUT2D eigenvalue weighted by Gasteiger charge is -2.12. The van der Waals surface area contributed by atoms with Gasteiger partial charge in [-0.3, -0.25) is 4.79 Å². The lowest BCUT2D eigenvalue weighted by Crippen LogP contribution is -2.12. The molecular weight excluding hydrogens is 408 g/mol. The Labute approximate surface area is 142 Å². The van der Waals surface area contributed by atoms with Crippen molar-refractivity contribution in [1.29, 1.82) is 0 Å². The average Bonchev–Trinajstić information content (AvgIpc) is 2.65. The third-order valence-electron chi connectivity index (χ3n) is 3.21. The first-order valence-electron chi connectivity index (χ1n) is 6.15. The number of rotatable bonds is 3. The van der Waals surface area contributed by atoms with Crippen molar-refractivity contribution in [3.8, 4) is 5.69 Å². The van der Waals surface area contributed by atoms with Crippen molar-refractivity contribution in [2.24, 2.45) is 0 Å². The second-order valence-corrected chi connectivity index (χ2v) is 6.95. The maximum Gasteiger partial charge on any atom is 0.182 e. The van der Waals surface area contributed by atoms with E-state index in [1.807, 2.05) is 38.1 Å². The van der Waals surface area contributed by atoms with E-state index in [0.29, 0.717) is 10.6 Å². The van der Waals surface area contributed by atoms with Gasteiger partial charge in [0.1, 0.15) is 0 Å². The summed E-state index contributed by atoms with van der Waals surface area (Å²) in [7, 11) is 0. The zero-order valence-electron chi connectivity index (χ0n) is 11.4. The number of carbonyl (C=O) groups excluding carboxylic acids is 1. The molecular formula is C15H14Cl2INO. The van der Waals surface area contributed by atoms with Crippen LogP contribution in [0.5, 0.6) is 0 Å². The van der Waals surface area contributed by atoms with Gasteiger partial charge in [0.2, 0.25) is 0 Å². The van der Waals surface area contributed by atoms with Crippen molar-refractivity contribution in [3.63, 3.8) is 0 Å². The molecule has 0 radical (unpaired) electrons. The van der Waals surface area contributed by atoms with Gasteiger partial charge in [-0.2, -0.15) is 0 Å². The Hall–Kier alpha value is -0.520. The van der Waals surface area contributed by atoms with Gasteiger partial charge in [0.25, 0.3) is 0 Å². The third-order valence-corrected chi connectivity index (χ3v) is 4.51. The lowest BCUT2D eigenvalue weighted by atomic mass is 10.1.